The molecule has 1 rings (SSSR count). The van der Waals surface area contributed by atoms with Gasteiger partial charge in [-0.1, -0.05) is 22.0 Å². The number of carbonyl (C=O) groups is 1. The van der Waals surface area contributed by atoms with Gasteiger partial charge in [-0.15, -0.1) is 0 Å². The molecule has 94 valence electrons. The van der Waals surface area contributed by atoms with E-state index in [2.05, 4.69) is 21.2 Å². The number of nitrogens with one attached hydrogen (secondary N) is 1. The standard InChI is InChI=1S/C10H13BrN2O3S/c1-12-10(14)7-13(2)17(15,16)9-5-3-4-8(11)6-9/h3-6H,7H2,1-2H3,(H,12,14). The van der Waals surface area contributed by atoms with Crippen LogP contribution >= 0.6 is 15.9 Å². The number of hydrogen-bond acceptors (Lipinski definition) is 3. The SMILES string of the molecule is CNC(=O)CN(C)S(=O)(=O)c1cccc(Br)c1. The molecule has 0 unspecified atom stereocenters. The van der Waals surface area contributed by atoms with Crippen molar-refractivity contribution in [2.24, 2.45) is 0 Å². The van der Waals surface area contributed by atoms with Gasteiger partial charge in [0.1, 0.15) is 0 Å². The van der Waals surface area contributed by atoms with E-state index in [4.69, 9.17) is 0 Å². The number of rotatable bonds is 4. The molecule has 0 aliphatic carbocycles. The molecule has 0 aliphatic rings. The van der Waals surface area contributed by atoms with E-state index in [1.165, 1.54) is 26.2 Å². The van der Waals surface area contributed by atoms with E-state index in [1.807, 2.05) is 0 Å². The first-order chi connectivity index (χ1) is 7.87. The molecular formula is C10H13BrN2O3S. The minimum Gasteiger partial charge on any atom is -0.358 e. The molecule has 0 saturated heterocycles. The lowest BCUT2D eigenvalue weighted by atomic mass is 10.4. The van der Waals surface area contributed by atoms with Crippen LogP contribution in [0.3, 0.4) is 0 Å². The van der Waals surface area contributed by atoms with Crippen molar-refractivity contribution in [2.75, 3.05) is 20.6 Å². The molecule has 1 aromatic rings. The van der Waals surface area contributed by atoms with Gasteiger partial charge in [0, 0.05) is 18.6 Å². The Kier molecular flexibility index (Phi) is 4.67. The van der Waals surface area contributed by atoms with Crippen molar-refractivity contribution < 1.29 is 13.2 Å². The highest BCUT2D eigenvalue weighted by atomic mass is 79.9. The normalized spacial score (nSPS) is 11.5. The number of halogens is 1. The molecule has 1 aromatic carbocycles. The third-order valence-electron chi connectivity index (χ3n) is 2.15. The highest BCUT2D eigenvalue weighted by Gasteiger charge is 2.22. The van der Waals surface area contributed by atoms with Gasteiger partial charge < -0.3 is 5.32 Å². The van der Waals surface area contributed by atoms with Crippen LogP contribution in [0.1, 0.15) is 0 Å². The fourth-order valence-electron chi connectivity index (χ4n) is 1.17. The topological polar surface area (TPSA) is 66.5 Å². The summed E-state index contributed by atoms with van der Waals surface area (Å²) in [4.78, 5) is 11.3. The van der Waals surface area contributed by atoms with E-state index in [9.17, 15) is 13.2 Å². The summed E-state index contributed by atoms with van der Waals surface area (Å²) in [6.07, 6.45) is 0. The molecule has 7 heteroatoms. The maximum atomic E-state index is 12.1. The fourth-order valence-corrected chi connectivity index (χ4v) is 2.90. The number of hydrogen-bond donors (Lipinski definition) is 1. The molecule has 0 fully saturated rings. The zero-order chi connectivity index (χ0) is 13.1. The molecule has 17 heavy (non-hydrogen) atoms. The molecule has 0 aliphatic heterocycles. The predicted octanol–water partition coefficient (Wildman–Crippen LogP) is 0.816. The molecule has 0 heterocycles. The molecule has 5 nitrogen and oxygen atoms in total. The van der Waals surface area contributed by atoms with E-state index in [0.29, 0.717) is 4.47 Å². The van der Waals surface area contributed by atoms with Crippen LogP contribution in [0.4, 0.5) is 0 Å². The lowest BCUT2D eigenvalue weighted by Gasteiger charge is -2.16. The molecule has 1 N–H and O–H groups in total. The molecule has 0 spiro atoms. The predicted molar refractivity (Wildman–Crippen MR) is 68.0 cm³/mol. The van der Waals surface area contributed by atoms with Crippen LogP contribution < -0.4 is 5.32 Å². The fraction of sp³-hybridized carbons (Fsp3) is 0.300. The number of nitrogens with zero attached hydrogens (tertiary/aromatic N) is 1. The smallest absolute Gasteiger partial charge is 0.243 e. The van der Waals surface area contributed by atoms with Crippen LogP contribution in [0, 0.1) is 0 Å². The first kappa shape index (κ1) is 14.1. The Morgan fingerprint density at radius 1 is 1.47 bits per heavy atom. The van der Waals surface area contributed by atoms with Gasteiger partial charge in [-0.05, 0) is 18.2 Å². The second-order valence-electron chi connectivity index (χ2n) is 3.39. The lowest BCUT2D eigenvalue weighted by molar-refractivity contribution is -0.120. The Morgan fingerprint density at radius 3 is 2.65 bits per heavy atom. The van der Waals surface area contributed by atoms with Gasteiger partial charge in [0.15, 0.2) is 0 Å². The Balaban J connectivity index is 2.99. The van der Waals surface area contributed by atoms with Crippen LogP contribution in [0.5, 0.6) is 0 Å². The summed E-state index contributed by atoms with van der Waals surface area (Å²) in [5, 5.41) is 2.38. The number of carbonyl (C=O) groups excluding carboxylic acids is 1. The van der Waals surface area contributed by atoms with Gasteiger partial charge in [-0.3, -0.25) is 4.79 Å². The molecule has 1 amide bonds. The van der Waals surface area contributed by atoms with Crippen molar-refractivity contribution in [1.82, 2.24) is 9.62 Å². The van der Waals surface area contributed by atoms with Crippen molar-refractivity contribution in [2.45, 2.75) is 4.90 Å². The van der Waals surface area contributed by atoms with Crippen molar-refractivity contribution in [3.63, 3.8) is 0 Å². The van der Waals surface area contributed by atoms with Crippen LogP contribution in [0.2, 0.25) is 0 Å². The number of amides is 1. The monoisotopic (exact) mass is 320 g/mol. The second-order valence-corrected chi connectivity index (χ2v) is 6.35. The minimum absolute atomic E-state index is 0.151. The average Bonchev–Trinajstić information content (AvgIpc) is 2.28. The summed E-state index contributed by atoms with van der Waals surface area (Å²) in [7, 11) is -0.797. The summed E-state index contributed by atoms with van der Waals surface area (Å²) in [6, 6.07) is 6.35. The molecule has 0 bridgehead atoms. The van der Waals surface area contributed by atoms with Gasteiger partial charge in [-0.25, -0.2) is 8.42 Å². The summed E-state index contributed by atoms with van der Waals surface area (Å²) in [6.45, 7) is -0.203. The zero-order valence-corrected chi connectivity index (χ0v) is 11.9. The Hall–Kier alpha value is -0.920. The molecule has 0 aromatic heterocycles. The highest BCUT2D eigenvalue weighted by molar-refractivity contribution is 9.10. The van der Waals surface area contributed by atoms with Gasteiger partial charge in [0.05, 0.1) is 11.4 Å². The number of benzene rings is 1. The first-order valence-corrected chi connectivity index (χ1v) is 7.03. The maximum Gasteiger partial charge on any atom is 0.243 e. The summed E-state index contributed by atoms with van der Waals surface area (Å²) in [5.74, 6) is -0.355. The summed E-state index contributed by atoms with van der Waals surface area (Å²) in [5.41, 5.74) is 0. The first-order valence-electron chi connectivity index (χ1n) is 4.80. The quantitative estimate of drug-likeness (QED) is 0.893. The van der Waals surface area contributed by atoms with Crippen LogP contribution in [0.25, 0.3) is 0 Å². The third-order valence-corrected chi connectivity index (χ3v) is 4.44. The van der Waals surface area contributed by atoms with Crippen molar-refractivity contribution >= 4 is 31.9 Å². The van der Waals surface area contributed by atoms with E-state index in [1.54, 1.807) is 12.1 Å². The largest absolute Gasteiger partial charge is 0.358 e. The van der Waals surface area contributed by atoms with Gasteiger partial charge in [0.2, 0.25) is 15.9 Å². The van der Waals surface area contributed by atoms with Crippen LogP contribution in [0.15, 0.2) is 33.6 Å². The van der Waals surface area contributed by atoms with Crippen molar-refractivity contribution in [3.8, 4) is 0 Å². The maximum absolute atomic E-state index is 12.1. The molecule has 0 radical (unpaired) electrons. The Bertz CT molecular complexity index is 516. The van der Waals surface area contributed by atoms with Crippen LogP contribution in [-0.4, -0.2) is 39.3 Å². The van der Waals surface area contributed by atoms with Crippen molar-refractivity contribution in [1.29, 1.82) is 0 Å². The average molecular weight is 321 g/mol. The number of sulfonamides is 1. The third kappa shape index (κ3) is 3.52. The molecule has 0 saturated carbocycles. The van der Waals surface area contributed by atoms with E-state index in [0.717, 1.165) is 4.31 Å². The van der Waals surface area contributed by atoms with Gasteiger partial charge in [0.25, 0.3) is 0 Å². The number of likely N-dealkylation sites (N-methyl/N-ethyl adjacent to an activating group) is 2. The van der Waals surface area contributed by atoms with Gasteiger partial charge in [-0.2, -0.15) is 4.31 Å². The highest BCUT2D eigenvalue weighted by Crippen LogP contribution is 2.18. The Labute approximate surface area is 109 Å². The zero-order valence-electron chi connectivity index (χ0n) is 9.47. The van der Waals surface area contributed by atoms with E-state index < -0.39 is 10.0 Å². The lowest BCUT2D eigenvalue weighted by Crippen LogP contribution is -2.36. The van der Waals surface area contributed by atoms with E-state index >= 15 is 0 Å². The molecule has 0 atom stereocenters. The minimum atomic E-state index is -3.62. The van der Waals surface area contributed by atoms with E-state index in [-0.39, 0.29) is 17.3 Å². The summed E-state index contributed by atoms with van der Waals surface area (Å²) < 4.78 is 25.8. The molecular weight excluding hydrogens is 308 g/mol. The van der Waals surface area contributed by atoms with Gasteiger partial charge >= 0.3 is 0 Å². The second kappa shape index (κ2) is 5.61. The summed E-state index contributed by atoms with van der Waals surface area (Å²) >= 11 is 3.21. The van der Waals surface area contributed by atoms with Crippen LogP contribution in [-0.2, 0) is 14.8 Å². The Morgan fingerprint density at radius 2 is 2.12 bits per heavy atom. The van der Waals surface area contributed by atoms with Crippen molar-refractivity contribution in [3.05, 3.63) is 28.7 Å².